The Morgan fingerprint density at radius 1 is 0.903 bits per heavy atom. The highest BCUT2D eigenvalue weighted by Gasteiger charge is 2.11. The van der Waals surface area contributed by atoms with Gasteiger partial charge in [-0.1, -0.05) is 54.6 Å². The molecule has 0 fully saturated rings. The van der Waals surface area contributed by atoms with E-state index in [1.165, 1.54) is 0 Å². The number of rotatable bonds is 11. The molecule has 0 bridgehead atoms. The molecular weight excluding hydrogens is 386 g/mol. The number of para-hydroxylation sites is 3. The summed E-state index contributed by atoms with van der Waals surface area (Å²) < 4.78 is 12.0. The molecule has 160 valence electrons. The summed E-state index contributed by atoms with van der Waals surface area (Å²) in [6.07, 6.45) is 1.92. The molecule has 0 radical (unpaired) electrons. The van der Waals surface area contributed by atoms with E-state index in [1.807, 2.05) is 55.5 Å². The van der Waals surface area contributed by atoms with Gasteiger partial charge in [0, 0.05) is 18.5 Å². The summed E-state index contributed by atoms with van der Waals surface area (Å²) in [6, 6.07) is 24.4. The smallest absolute Gasteiger partial charge is 0.166 e. The van der Waals surface area contributed by atoms with Crippen molar-refractivity contribution in [2.24, 2.45) is 0 Å². The van der Waals surface area contributed by atoms with Crippen LogP contribution < -0.4 is 14.8 Å². The number of fused-ring (bicyclic) bond motifs is 1. The third-order valence-corrected chi connectivity index (χ3v) is 5.11. The normalized spacial score (nSPS) is 11.0. The van der Waals surface area contributed by atoms with Crippen LogP contribution in [0.25, 0.3) is 11.0 Å². The Morgan fingerprint density at radius 3 is 2.58 bits per heavy atom. The first-order valence-corrected chi connectivity index (χ1v) is 10.9. The Hall–Kier alpha value is -3.31. The van der Waals surface area contributed by atoms with Crippen LogP contribution in [0.2, 0.25) is 0 Å². The Kier molecular flexibility index (Phi) is 7.19. The molecule has 0 saturated carbocycles. The second-order valence-electron chi connectivity index (χ2n) is 7.43. The molecule has 1 heterocycles. The summed E-state index contributed by atoms with van der Waals surface area (Å²) in [5.74, 6) is 2.64. The molecule has 5 nitrogen and oxygen atoms in total. The number of hydrogen-bond acceptors (Lipinski definition) is 4. The molecule has 5 heteroatoms. The second kappa shape index (κ2) is 10.6. The van der Waals surface area contributed by atoms with Crippen LogP contribution in [0, 0.1) is 0 Å². The van der Waals surface area contributed by atoms with Gasteiger partial charge in [-0.15, -0.1) is 0 Å². The average molecular weight is 416 g/mol. The number of ether oxygens (including phenoxy) is 2. The van der Waals surface area contributed by atoms with E-state index in [0.717, 1.165) is 65.4 Å². The van der Waals surface area contributed by atoms with Crippen molar-refractivity contribution < 1.29 is 9.47 Å². The molecule has 0 saturated heterocycles. The maximum Gasteiger partial charge on any atom is 0.166 e. The Morgan fingerprint density at radius 2 is 1.74 bits per heavy atom. The fraction of sp³-hybridized carbons (Fsp3) is 0.269. The van der Waals surface area contributed by atoms with Crippen LogP contribution in [0.1, 0.15) is 30.3 Å². The van der Waals surface area contributed by atoms with Gasteiger partial charge in [-0.25, -0.2) is 4.98 Å². The molecule has 0 spiro atoms. The number of aromatic nitrogens is 2. The van der Waals surface area contributed by atoms with Crippen LogP contribution in [0.3, 0.4) is 0 Å². The summed E-state index contributed by atoms with van der Waals surface area (Å²) in [7, 11) is 0. The summed E-state index contributed by atoms with van der Waals surface area (Å²) in [6.45, 7) is 4.74. The molecular formula is C26H29N3O2. The van der Waals surface area contributed by atoms with E-state index in [9.17, 15) is 0 Å². The third kappa shape index (κ3) is 5.64. The molecule has 0 amide bonds. The standard InChI is InChI=1S/C26H29N3O2/c1-2-30-24-15-8-12-21(26(24)31-19-20-10-4-3-5-11-20)18-27-17-9-16-25-28-22-13-6-7-14-23(22)29-25/h3-8,10-15,27H,2,9,16-19H2,1H3,(H,28,29). The third-order valence-electron chi connectivity index (χ3n) is 5.11. The molecule has 0 atom stereocenters. The van der Waals surface area contributed by atoms with Gasteiger partial charge in [0.1, 0.15) is 12.4 Å². The molecule has 1 aromatic heterocycles. The van der Waals surface area contributed by atoms with Gasteiger partial charge in [-0.3, -0.25) is 0 Å². The second-order valence-corrected chi connectivity index (χ2v) is 7.43. The Labute approximate surface area is 183 Å². The van der Waals surface area contributed by atoms with Gasteiger partial charge in [0.2, 0.25) is 0 Å². The van der Waals surface area contributed by atoms with Crippen LogP contribution in [-0.4, -0.2) is 23.1 Å². The summed E-state index contributed by atoms with van der Waals surface area (Å²) in [5, 5.41) is 3.54. The maximum atomic E-state index is 6.19. The lowest BCUT2D eigenvalue weighted by Gasteiger charge is -2.16. The number of nitrogens with one attached hydrogen (secondary N) is 2. The maximum absolute atomic E-state index is 6.19. The molecule has 0 aliphatic heterocycles. The van der Waals surface area contributed by atoms with Gasteiger partial charge in [0.05, 0.1) is 17.6 Å². The van der Waals surface area contributed by atoms with Crippen LogP contribution in [-0.2, 0) is 19.6 Å². The van der Waals surface area contributed by atoms with E-state index in [1.54, 1.807) is 0 Å². The van der Waals surface area contributed by atoms with Gasteiger partial charge in [0.15, 0.2) is 11.5 Å². The fourth-order valence-electron chi connectivity index (χ4n) is 3.59. The van der Waals surface area contributed by atoms with Crippen molar-refractivity contribution in [1.82, 2.24) is 15.3 Å². The molecule has 0 aliphatic carbocycles. The number of hydrogen-bond donors (Lipinski definition) is 2. The van der Waals surface area contributed by atoms with E-state index < -0.39 is 0 Å². The minimum atomic E-state index is 0.518. The molecule has 4 aromatic rings. The first kappa shape index (κ1) is 20.9. The largest absolute Gasteiger partial charge is 0.490 e. The first-order valence-electron chi connectivity index (χ1n) is 10.9. The number of nitrogens with zero attached hydrogens (tertiary/aromatic N) is 1. The minimum Gasteiger partial charge on any atom is -0.490 e. The number of imidazole rings is 1. The van der Waals surface area contributed by atoms with Crippen molar-refractivity contribution in [2.75, 3.05) is 13.2 Å². The van der Waals surface area contributed by atoms with Gasteiger partial charge in [0.25, 0.3) is 0 Å². The van der Waals surface area contributed by atoms with Crippen LogP contribution in [0.15, 0.2) is 72.8 Å². The zero-order valence-electron chi connectivity index (χ0n) is 17.9. The Bertz CT molecular complexity index is 1060. The number of aryl methyl sites for hydroxylation is 1. The number of benzene rings is 3. The lowest BCUT2D eigenvalue weighted by molar-refractivity contribution is 0.266. The average Bonchev–Trinajstić information content (AvgIpc) is 3.22. The van der Waals surface area contributed by atoms with Crippen molar-refractivity contribution >= 4 is 11.0 Å². The zero-order chi connectivity index (χ0) is 21.3. The van der Waals surface area contributed by atoms with Crippen LogP contribution in [0.5, 0.6) is 11.5 Å². The predicted molar refractivity (Wildman–Crippen MR) is 125 cm³/mol. The van der Waals surface area contributed by atoms with Gasteiger partial charge in [-0.2, -0.15) is 0 Å². The van der Waals surface area contributed by atoms with Gasteiger partial charge < -0.3 is 19.8 Å². The van der Waals surface area contributed by atoms with E-state index >= 15 is 0 Å². The highest BCUT2D eigenvalue weighted by Crippen LogP contribution is 2.32. The lowest BCUT2D eigenvalue weighted by atomic mass is 10.1. The minimum absolute atomic E-state index is 0.518. The Balaban J connectivity index is 1.32. The van der Waals surface area contributed by atoms with Gasteiger partial charge in [-0.05, 0) is 43.7 Å². The van der Waals surface area contributed by atoms with Crippen molar-refractivity contribution in [3.8, 4) is 11.5 Å². The molecule has 0 aliphatic rings. The summed E-state index contributed by atoms with van der Waals surface area (Å²) in [5.41, 5.74) is 4.36. The van der Waals surface area contributed by atoms with Crippen molar-refractivity contribution in [3.05, 3.63) is 89.7 Å². The highest BCUT2D eigenvalue weighted by atomic mass is 16.5. The monoisotopic (exact) mass is 415 g/mol. The van der Waals surface area contributed by atoms with E-state index in [2.05, 4.69) is 39.6 Å². The summed E-state index contributed by atoms with van der Waals surface area (Å²) >= 11 is 0. The van der Waals surface area contributed by atoms with E-state index in [-0.39, 0.29) is 0 Å². The quantitative estimate of drug-likeness (QED) is 0.328. The molecule has 0 unspecified atom stereocenters. The highest BCUT2D eigenvalue weighted by molar-refractivity contribution is 5.74. The fourth-order valence-corrected chi connectivity index (χ4v) is 3.59. The zero-order valence-corrected chi connectivity index (χ0v) is 17.9. The number of aromatic amines is 1. The molecule has 3 aromatic carbocycles. The van der Waals surface area contributed by atoms with E-state index in [0.29, 0.717) is 13.2 Å². The van der Waals surface area contributed by atoms with Crippen molar-refractivity contribution in [3.63, 3.8) is 0 Å². The van der Waals surface area contributed by atoms with E-state index in [4.69, 9.17) is 9.47 Å². The van der Waals surface area contributed by atoms with Crippen molar-refractivity contribution in [1.29, 1.82) is 0 Å². The van der Waals surface area contributed by atoms with Crippen LogP contribution >= 0.6 is 0 Å². The van der Waals surface area contributed by atoms with Crippen molar-refractivity contribution in [2.45, 2.75) is 32.9 Å². The molecule has 4 rings (SSSR count). The molecule has 31 heavy (non-hydrogen) atoms. The van der Waals surface area contributed by atoms with Gasteiger partial charge >= 0.3 is 0 Å². The molecule has 2 N–H and O–H groups in total. The lowest BCUT2D eigenvalue weighted by Crippen LogP contribution is -2.16. The van der Waals surface area contributed by atoms with Crippen LogP contribution in [0.4, 0.5) is 0 Å². The predicted octanol–water partition coefficient (Wildman–Crippen LogP) is 5.26. The number of H-pyrrole nitrogens is 1. The topological polar surface area (TPSA) is 59.2 Å². The first-order chi connectivity index (χ1) is 15.3. The summed E-state index contributed by atoms with van der Waals surface area (Å²) in [4.78, 5) is 8.04. The SMILES string of the molecule is CCOc1cccc(CNCCCc2nc3ccccc3[nH]2)c1OCc1ccccc1.